The Kier molecular flexibility index (Phi) is 4.41. The maximum absolute atomic E-state index is 5.91. The van der Waals surface area contributed by atoms with Crippen molar-refractivity contribution in [3.63, 3.8) is 0 Å². The number of nitrogens with zero attached hydrogens (tertiary/aromatic N) is 3. The Balaban J connectivity index is 1.56. The number of hydrogen-bond acceptors (Lipinski definition) is 5. The summed E-state index contributed by atoms with van der Waals surface area (Å²) in [5.41, 5.74) is 2.22. The molecule has 0 aliphatic carbocycles. The quantitative estimate of drug-likeness (QED) is 0.941. The van der Waals surface area contributed by atoms with Crippen molar-refractivity contribution in [3.8, 4) is 10.6 Å². The molecule has 2 aromatic rings. The first-order valence-electron chi connectivity index (χ1n) is 6.92. The highest BCUT2D eigenvalue weighted by molar-refractivity contribution is 7.13. The minimum atomic E-state index is 0.751. The molecule has 1 aliphatic heterocycles. The number of hydrogen-bond donors (Lipinski definition) is 1. The van der Waals surface area contributed by atoms with Gasteiger partial charge < -0.3 is 10.2 Å². The molecule has 0 atom stereocenters. The van der Waals surface area contributed by atoms with Crippen molar-refractivity contribution >= 4 is 28.9 Å². The maximum atomic E-state index is 5.91. The molecule has 0 fully saturated rings. The monoisotopic (exact) mass is 320 g/mol. The summed E-state index contributed by atoms with van der Waals surface area (Å²) < 4.78 is 0. The van der Waals surface area contributed by atoms with Crippen molar-refractivity contribution in [1.29, 1.82) is 0 Å². The highest BCUT2D eigenvalue weighted by atomic mass is 35.5. The fraction of sp³-hybridized carbons (Fsp3) is 0.333. The van der Waals surface area contributed by atoms with E-state index in [4.69, 9.17) is 11.6 Å². The third kappa shape index (κ3) is 3.54. The summed E-state index contributed by atoms with van der Waals surface area (Å²) in [4.78, 5) is 11.2. The van der Waals surface area contributed by atoms with E-state index in [-0.39, 0.29) is 0 Å². The lowest BCUT2D eigenvalue weighted by atomic mass is 10.2. The Morgan fingerprint density at radius 2 is 2.14 bits per heavy atom. The van der Waals surface area contributed by atoms with Gasteiger partial charge in [0, 0.05) is 42.5 Å². The van der Waals surface area contributed by atoms with Gasteiger partial charge in [0.1, 0.15) is 5.01 Å². The van der Waals surface area contributed by atoms with Gasteiger partial charge in [-0.2, -0.15) is 0 Å². The van der Waals surface area contributed by atoms with E-state index in [0.717, 1.165) is 53.3 Å². The standard InChI is InChI=1S/C15H17ClN4S/c1-20-9-8-18-15(20)17-7-6-13-10-21-14(19-13)11-2-4-12(16)5-3-11/h2-5,10H,6-9H2,1H3,(H,17,18). The van der Waals surface area contributed by atoms with Gasteiger partial charge in [0.25, 0.3) is 0 Å². The Hall–Kier alpha value is -1.59. The lowest BCUT2D eigenvalue weighted by Gasteiger charge is -2.14. The highest BCUT2D eigenvalue weighted by Gasteiger charge is 2.11. The number of guanidine groups is 1. The highest BCUT2D eigenvalue weighted by Crippen LogP contribution is 2.25. The first-order chi connectivity index (χ1) is 10.2. The topological polar surface area (TPSA) is 40.5 Å². The summed E-state index contributed by atoms with van der Waals surface area (Å²) in [6.07, 6.45) is 0.900. The Morgan fingerprint density at radius 1 is 1.33 bits per heavy atom. The molecule has 6 heteroatoms. The zero-order chi connectivity index (χ0) is 14.7. The maximum Gasteiger partial charge on any atom is 0.193 e. The van der Waals surface area contributed by atoms with Gasteiger partial charge in [-0.3, -0.25) is 4.99 Å². The summed E-state index contributed by atoms with van der Waals surface area (Å²) in [6.45, 7) is 2.74. The first-order valence-corrected chi connectivity index (χ1v) is 8.18. The molecule has 0 amide bonds. The van der Waals surface area contributed by atoms with E-state index in [1.165, 1.54) is 0 Å². The average Bonchev–Trinajstić information content (AvgIpc) is 3.10. The van der Waals surface area contributed by atoms with Crippen LogP contribution in [0.1, 0.15) is 5.69 Å². The second-order valence-electron chi connectivity index (χ2n) is 4.95. The lowest BCUT2D eigenvalue weighted by molar-refractivity contribution is 0.534. The first kappa shape index (κ1) is 14.4. The molecule has 0 unspecified atom stereocenters. The van der Waals surface area contributed by atoms with Gasteiger partial charge in [-0.15, -0.1) is 11.3 Å². The van der Waals surface area contributed by atoms with E-state index >= 15 is 0 Å². The van der Waals surface area contributed by atoms with Gasteiger partial charge in [0.2, 0.25) is 0 Å². The fourth-order valence-electron chi connectivity index (χ4n) is 2.17. The van der Waals surface area contributed by atoms with Gasteiger partial charge in [-0.1, -0.05) is 23.7 Å². The van der Waals surface area contributed by atoms with Crippen molar-refractivity contribution in [2.45, 2.75) is 6.42 Å². The molecule has 0 spiro atoms. The van der Waals surface area contributed by atoms with Crippen LogP contribution in [0, 0.1) is 0 Å². The zero-order valence-corrected chi connectivity index (χ0v) is 13.4. The van der Waals surface area contributed by atoms with Gasteiger partial charge in [-0.25, -0.2) is 4.98 Å². The van der Waals surface area contributed by atoms with E-state index in [0.29, 0.717) is 0 Å². The molecule has 1 aromatic heterocycles. The van der Waals surface area contributed by atoms with Crippen LogP contribution in [0.3, 0.4) is 0 Å². The van der Waals surface area contributed by atoms with Crippen LogP contribution >= 0.6 is 22.9 Å². The number of benzene rings is 1. The van der Waals surface area contributed by atoms with Gasteiger partial charge in [0.05, 0.1) is 12.2 Å². The van der Waals surface area contributed by atoms with Crippen molar-refractivity contribution in [2.75, 3.05) is 26.7 Å². The zero-order valence-electron chi connectivity index (χ0n) is 11.8. The van der Waals surface area contributed by atoms with Gasteiger partial charge in [0.15, 0.2) is 5.96 Å². The second-order valence-corrected chi connectivity index (χ2v) is 6.25. The van der Waals surface area contributed by atoms with Crippen molar-refractivity contribution in [1.82, 2.24) is 15.2 Å². The van der Waals surface area contributed by atoms with Crippen LogP contribution in [0.2, 0.25) is 5.02 Å². The van der Waals surface area contributed by atoms with E-state index < -0.39 is 0 Å². The lowest BCUT2D eigenvalue weighted by Crippen LogP contribution is -2.36. The number of rotatable bonds is 4. The Labute approximate surface area is 133 Å². The van der Waals surface area contributed by atoms with Crippen LogP contribution in [-0.2, 0) is 6.42 Å². The van der Waals surface area contributed by atoms with E-state index in [1.807, 2.05) is 24.3 Å². The molecule has 1 aliphatic rings. The third-order valence-corrected chi connectivity index (χ3v) is 4.56. The molecule has 4 nitrogen and oxygen atoms in total. The Bertz CT molecular complexity index is 635. The number of halogens is 1. The van der Waals surface area contributed by atoms with Crippen LogP contribution in [0.25, 0.3) is 10.6 Å². The summed E-state index contributed by atoms with van der Waals surface area (Å²) in [5, 5.41) is 7.27. The third-order valence-electron chi connectivity index (χ3n) is 3.37. The normalized spacial score (nSPS) is 14.4. The molecule has 110 valence electrons. The molecule has 1 aromatic carbocycles. The number of nitrogens with one attached hydrogen (secondary N) is 1. The van der Waals surface area contributed by atoms with E-state index in [1.54, 1.807) is 11.3 Å². The Morgan fingerprint density at radius 3 is 2.86 bits per heavy atom. The van der Waals surface area contributed by atoms with Crippen LogP contribution < -0.4 is 5.32 Å². The number of thiazole rings is 1. The second kappa shape index (κ2) is 6.45. The van der Waals surface area contributed by atoms with Crippen molar-refractivity contribution < 1.29 is 0 Å². The predicted octanol–water partition coefficient (Wildman–Crippen LogP) is 2.90. The SMILES string of the molecule is CN1CCN=C1NCCc1csc(-c2ccc(Cl)cc2)n1. The molecule has 0 radical (unpaired) electrons. The summed E-state index contributed by atoms with van der Waals surface area (Å²) in [7, 11) is 2.06. The summed E-state index contributed by atoms with van der Waals surface area (Å²) in [5.74, 6) is 0.989. The van der Waals surface area contributed by atoms with Crippen LogP contribution in [0.5, 0.6) is 0 Å². The van der Waals surface area contributed by atoms with E-state index in [9.17, 15) is 0 Å². The molecule has 2 heterocycles. The van der Waals surface area contributed by atoms with Gasteiger partial charge >= 0.3 is 0 Å². The summed E-state index contributed by atoms with van der Waals surface area (Å²) >= 11 is 7.58. The molecule has 0 bridgehead atoms. The van der Waals surface area contributed by atoms with E-state index in [2.05, 4.69) is 32.6 Å². The molecule has 21 heavy (non-hydrogen) atoms. The van der Waals surface area contributed by atoms with Crippen LogP contribution in [-0.4, -0.2) is 42.5 Å². The molecular weight excluding hydrogens is 304 g/mol. The molecular formula is C15H17ClN4S. The largest absolute Gasteiger partial charge is 0.356 e. The number of aliphatic imine (C=N–C) groups is 1. The smallest absolute Gasteiger partial charge is 0.193 e. The average molecular weight is 321 g/mol. The number of likely N-dealkylation sites (N-methyl/N-ethyl adjacent to an activating group) is 1. The van der Waals surface area contributed by atoms with Crippen molar-refractivity contribution in [3.05, 3.63) is 40.4 Å². The number of aromatic nitrogens is 1. The molecule has 0 saturated carbocycles. The van der Waals surface area contributed by atoms with Gasteiger partial charge in [-0.05, 0) is 12.1 Å². The fourth-order valence-corrected chi connectivity index (χ4v) is 3.16. The minimum Gasteiger partial charge on any atom is -0.356 e. The molecule has 3 rings (SSSR count). The van der Waals surface area contributed by atoms with Crippen molar-refractivity contribution in [2.24, 2.45) is 4.99 Å². The molecule has 1 N–H and O–H groups in total. The predicted molar refractivity (Wildman–Crippen MR) is 89.2 cm³/mol. The molecule has 0 saturated heterocycles. The van der Waals surface area contributed by atoms with Crippen LogP contribution in [0.4, 0.5) is 0 Å². The van der Waals surface area contributed by atoms with Crippen LogP contribution in [0.15, 0.2) is 34.6 Å². The minimum absolute atomic E-state index is 0.751. The summed E-state index contributed by atoms with van der Waals surface area (Å²) in [6, 6.07) is 7.80.